The van der Waals surface area contributed by atoms with Crippen molar-refractivity contribution in [3.05, 3.63) is 23.8 Å². The fourth-order valence-electron chi connectivity index (χ4n) is 1.35. The molecule has 0 fully saturated rings. The lowest BCUT2D eigenvalue weighted by atomic mass is 10.2. The molecule has 1 rings (SSSR count). The summed E-state index contributed by atoms with van der Waals surface area (Å²) in [5.74, 6) is -0.803. The van der Waals surface area contributed by atoms with Gasteiger partial charge in [-0.1, -0.05) is 6.92 Å². The topological polar surface area (TPSA) is 121 Å². The first-order valence-corrected chi connectivity index (χ1v) is 9.04. The molecule has 112 valence electrons. The van der Waals surface area contributed by atoms with E-state index in [0.717, 1.165) is 24.5 Å². The van der Waals surface area contributed by atoms with Crippen LogP contribution in [0.4, 0.5) is 0 Å². The van der Waals surface area contributed by atoms with E-state index in [1.54, 1.807) is 6.92 Å². The standard InChI is InChI=1S/C11H15NO6S2/c1-3-4-18-11(13)8-5-9(19(2,14)15)7-10(6-8)20(12,16)17/h5-7H,3-4H2,1-2H3,(H2,12,16,17). The number of sulfone groups is 1. The number of esters is 1. The number of nitrogens with two attached hydrogens (primary N) is 1. The van der Waals surface area contributed by atoms with Crippen LogP contribution in [0, 0.1) is 0 Å². The highest BCUT2D eigenvalue weighted by molar-refractivity contribution is 7.91. The maximum atomic E-state index is 11.7. The van der Waals surface area contributed by atoms with Gasteiger partial charge in [0.1, 0.15) is 0 Å². The monoisotopic (exact) mass is 321 g/mol. The molecule has 0 saturated carbocycles. The molecule has 0 saturated heterocycles. The largest absolute Gasteiger partial charge is 0.462 e. The van der Waals surface area contributed by atoms with Gasteiger partial charge in [-0.3, -0.25) is 0 Å². The van der Waals surface area contributed by atoms with Crippen molar-refractivity contribution in [1.29, 1.82) is 0 Å². The molecule has 0 aromatic heterocycles. The zero-order valence-electron chi connectivity index (χ0n) is 11.0. The average Bonchev–Trinajstić information content (AvgIpc) is 2.33. The van der Waals surface area contributed by atoms with Crippen LogP contribution in [0.2, 0.25) is 0 Å². The molecule has 0 atom stereocenters. The van der Waals surface area contributed by atoms with E-state index in [-0.39, 0.29) is 17.1 Å². The third kappa shape index (κ3) is 4.29. The molecule has 9 heteroatoms. The highest BCUT2D eigenvalue weighted by Gasteiger charge is 2.19. The van der Waals surface area contributed by atoms with E-state index < -0.39 is 30.7 Å². The van der Waals surface area contributed by atoms with E-state index in [2.05, 4.69) is 0 Å². The SMILES string of the molecule is CCCOC(=O)c1cc(S(C)(=O)=O)cc(S(N)(=O)=O)c1. The van der Waals surface area contributed by atoms with Crippen molar-refractivity contribution in [3.8, 4) is 0 Å². The fourth-order valence-corrected chi connectivity index (χ4v) is 2.69. The summed E-state index contributed by atoms with van der Waals surface area (Å²) in [6, 6.07) is 2.95. The lowest BCUT2D eigenvalue weighted by Gasteiger charge is -2.07. The van der Waals surface area contributed by atoms with Crippen molar-refractivity contribution in [2.75, 3.05) is 12.9 Å². The average molecular weight is 321 g/mol. The van der Waals surface area contributed by atoms with E-state index in [1.807, 2.05) is 0 Å². The highest BCUT2D eigenvalue weighted by atomic mass is 32.2. The van der Waals surface area contributed by atoms with Crippen LogP contribution in [0.5, 0.6) is 0 Å². The molecule has 0 unspecified atom stereocenters. The number of hydrogen-bond donors (Lipinski definition) is 1. The van der Waals surface area contributed by atoms with Gasteiger partial charge >= 0.3 is 5.97 Å². The Kier molecular flexibility index (Phi) is 4.90. The summed E-state index contributed by atoms with van der Waals surface area (Å²) >= 11 is 0. The Labute approximate surface area is 117 Å². The predicted octanol–water partition coefficient (Wildman–Crippen LogP) is 0.304. The van der Waals surface area contributed by atoms with Gasteiger partial charge in [0.05, 0.1) is 22.0 Å². The first-order valence-electron chi connectivity index (χ1n) is 5.60. The van der Waals surface area contributed by atoms with Crippen LogP contribution in [0.25, 0.3) is 0 Å². The number of rotatable bonds is 5. The Morgan fingerprint density at radius 2 is 1.70 bits per heavy atom. The Morgan fingerprint density at radius 1 is 1.15 bits per heavy atom. The number of carbonyl (C=O) groups excluding carboxylic acids is 1. The van der Waals surface area contributed by atoms with E-state index in [4.69, 9.17) is 9.88 Å². The van der Waals surface area contributed by atoms with Crippen molar-refractivity contribution < 1.29 is 26.4 Å². The summed E-state index contributed by atoms with van der Waals surface area (Å²) in [5, 5.41) is 4.96. The zero-order chi connectivity index (χ0) is 15.6. The molecule has 0 aliphatic heterocycles. The first-order chi connectivity index (χ1) is 9.05. The summed E-state index contributed by atoms with van der Waals surface area (Å²) < 4.78 is 50.5. The molecule has 2 N–H and O–H groups in total. The second-order valence-corrected chi connectivity index (χ2v) is 7.72. The fraction of sp³-hybridized carbons (Fsp3) is 0.364. The van der Waals surface area contributed by atoms with Crippen LogP contribution in [0.15, 0.2) is 28.0 Å². The van der Waals surface area contributed by atoms with E-state index in [0.29, 0.717) is 6.42 Å². The molecule has 1 aromatic carbocycles. The molecule has 0 radical (unpaired) electrons. The Hall–Kier alpha value is -1.45. The third-order valence-electron chi connectivity index (χ3n) is 2.31. The van der Waals surface area contributed by atoms with Gasteiger partial charge in [-0.25, -0.2) is 26.8 Å². The summed E-state index contributed by atoms with van der Waals surface area (Å²) in [5.41, 5.74) is -0.176. The van der Waals surface area contributed by atoms with Gasteiger partial charge in [0.2, 0.25) is 10.0 Å². The van der Waals surface area contributed by atoms with Gasteiger partial charge in [0.15, 0.2) is 9.84 Å². The van der Waals surface area contributed by atoms with Gasteiger partial charge in [-0.15, -0.1) is 0 Å². The molecule has 7 nitrogen and oxygen atoms in total. The maximum absolute atomic E-state index is 11.7. The van der Waals surface area contributed by atoms with Crippen LogP contribution in [0.1, 0.15) is 23.7 Å². The van der Waals surface area contributed by atoms with Crippen LogP contribution < -0.4 is 5.14 Å². The summed E-state index contributed by atoms with van der Waals surface area (Å²) in [4.78, 5) is 10.9. The summed E-state index contributed by atoms with van der Waals surface area (Å²) in [6.45, 7) is 1.93. The van der Waals surface area contributed by atoms with Crippen LogP contribution in [-0.2, 0) is 24.6 Å². The highest BCUT2D eigenvalue weighted by Crippen LogP contribution is 2.19. The smallest absolute Gasteiger partial charge is 0.338 e. The zero-order valence-corrected chi connectivity index (χ0v) is 12.6. The molecule has 0 aliphatic rings. The van der Waals surface area contributed by atoms with Crippen molar-refractivity contribution in [3.63, 3.8) is 0 Å². The minimum atomic E-state index is -4.13. The number of sulfonamides is 1. The van der Waals surface area contributed by atoms with E-state index >= 15 is 0 Å². The second-order valence-electron chi connectivity index (χ2n) is 4.15. The molecule has 0 amide bonds. The quantitative estimate of drug-likeness (QED) is 0.779. The molecule has 0 heterocycles. The first kappa shape index (κ1) is 16.6. The number of ether oxygens (including phenoxy) is 1. The molecular weight excluding hydrogens is 306 g/mol. The predicted molar refractivity (Wildman–Crippen MR) is 71.5 cm³/mol. The van der Waals surface area contributed by atoms with Crippen molar-refractivity contribution >= 4 is 25.8 Å². The minimum absolute atomic E-state index is 0.145. The van der Waals surface area contributed by atoms with E-state index in [9.17, 15) is 21.6 Å². The molecule has 20 heavy (non-hydrogen) atoms. The van der Waals surface area contributed by atoms with Crippen LogP contribution in [-0.4, -0.2) is 35.7 Å². The molecule has 0 aliphatic carbocycles. The number of primary sulfonamides is 1. The third-order valence-corrected chi connectivity index (χ3v) is 4.29. The Balaban J connectivity index is 3.43. The Morgan fingerprint density at radius 3 is 2.15 bits per heavy atom. The number of benzene rings is 1. The molecule has 0 bridgehead atoms. The second kappa shape index (κ2) is 5.90. The van der Waals surface area contributed by atoms with Crippen molar-refractivity contribution in [2.45, 2.75) is 23.1 Å². The molecular formula is C11H15NO6S2. The van der Waals surface area contributed by atoms with Gasteiger partial charge in [-0.2, -0.15) is 0 Å². The van der Waals surface area contributed by atoms with Crippen molar-refractivity contribution in [2.24, 2.45) is 5.14 Å². The van der Waals surface area contributed by atoms with Crippen LogP contribution in [0.3, 0.4) is 0 Å². The Bertz CT molecular complexity index is 671. The minimum Gasteiger partial charge on any atom is -0.462 e. The maximum Gasteiger partial charge on any atom is 0.338 e. The number of carbonyl (C=O) groups is 1. The normalized spacial score (nSPS) is 12.2. The lowest BCUT2D eigenvalue weighted by molar-refractivity contribution is 0.0504. The number of hydrogen-bond acceptors (Lipinski definition) is 6. The molecule has 1 aromatic rings. The summed E-state index contributed by atoms with van der Waals surface area (Å²) in [6.07, 6.45) is 1.48. The van der Waals surface area contributed by atoms with Gasteiger partial charge in [0, 0.05) is 6.26 Å². The lowest BCUT2D eigenvalue weighted by Crippen LogP contribution is -2.15. The van der Waals surface area contributed by atoms with E-state index in [1.165, 1.54) is 0 Å². The van der Waals surface area contributed by atoms with Crippen molar-refractivity contribution in [1.82, 2.24) is 0 Å². The summed E-state index contributed by atoms with van der Waals surface area (Å²) in [7, 11) is -7.82. The molecule has 0 spiro atoms. The van der Waals surface area contributed by atoms with Gasteiger partial charge < -0.3 is 4.74 Å². The van der Waals surface area contributed by atoms with Crippen LogP contribution >= 0.6 is 0 Å². The van der Waals surface area contributed by atoms with Gasteiger partial charge in [-0.05, 0) is 24.6 Å². The van der Waals surface area contributed by atoms with Gasteiger partial charge in [0.25, 0.3) is 0 Å².